The van der Waals surface area contributed by atoms with Crippen molar-refractivity contribution in [1.82, 2.24) is 9.97 Å². The van der Waals surface area contributed by atoms with Crippen LogP contribution in [0.4, 0.5) is 11.8 Å². The maximum Gasteiger partial charge on any atom is 0.227 e. The summed E-state index contributed by atoms with van der Waals surface area (Å²) in [6.45, 7) is 9.58. The molecule has 0 aliphatic rings. The Morgan fingerprint density at radius 2 is 1.88 bits per heavy atom. The maximum absolute atomic E-state index is 4.59. The average molecular weight is 236 g/mol. The first kappa shape index (κ1) is 13.7. The largest absolute Gasteiger partial charge is 0.370 e. The molecule has 0 fully saturated rings. The summed E-state index contributed by atoms with van der Waals surface area (Å²) in [4.78, 5) is 11.0. The summed E-state index contributed by atoms with van der Waals surface area (Å²) in [5.74, 6) is 1.67. The molecule has 0 unspecified atom stereocenters. The smallest absolute Gasteiger partial charge is 0.227 e. The fourth-order valence-corrected chi connectivity index (χ4v) is 1.36. The van der Waals surface area contributed by atoms with E-state index < -0.39 is 0 Å². The minimum atomic E-state index is 0.0380. The molecule has 1 N–H and O–H groups in total. The summed E-state index contributed by atoms with van der Waals surface area (Å²) in [6, 6.07) is 2.04. The Hall–Kier alpha value is -1.32. The molecule has 4 nitrogen and oxygen atoms in total. The minimum Gasteiger partial charge on any atom is -0.370 e. The van der Waals surface area contributed by atoms with Gasteiger partial charge in [-0.3, -0.25) is 0 Å². The van der Waals surface area contributed by atoms with Crippen molar-refractivity contribution in [3.8, 4) is 0 Å². The molecular formula is C13H24N4. The Morgan fingerprint density at radius 1 is 1.24 bits per heavy atom. The molecule has 0 aliphatic carbocycles. The molecular weight excluding hydrogens is 212 g/mol. The van der Waals surface area contributed by atoms with Gasteiger partial charge in [-0.05, 0) is 6.42 Å². The normalized spacial score (nSPS) is 11.4. The van der Waals surface area contributed by atoms with Crippen molar-refractivity contribution in [2.75, 3.05) is 30.9 Å². The zero-order valence-electron chi connectivity index (χ0n) is 11.8. The van der Waals surface area contributed by atoms with Crippen LogP contribution in [0.5, 0.6) is 0 Å². The molecule has 0 aliphatic heterocycles. The highest BCUT2D eigenvalue weighted by Gasteiger charge is 2.18. The van der Waals surface area contributed by atoms with Gasteiger partial charge in [0.2, 0.25) is 5.95 Å². The van der Waals surface area contributed by atoms with Gasteiger partial charge in [-0.25, -0.2) is 4.98 Å². The third kappa shape index (κ3) is 3.88. The Bertz CT molecular complexity index is 366. The summed E-state index contributed by atoms with van der Waals surface area (Å²) >= 11 is 0. The third-order valence-corrected chi connectivity index (χ3v) is 2.44. The van der Waals surface area contributed by atoms with E-state index in [4.69, 9.17) is 0 Å². The number of hydrogen-bond acceptors (Lipinski definition) is 4. The van der Waals surface area contributed by atoms with E-state index in [0.717, 1.165) is 30.4 Å². The van der Waals surface area contributed by atoms with E-state index >= 15 is 0 Å². The van der Waals surface area contributed by atoms with Crippen LogP contribution in [0.2, 0.25) is 0 Å². The van der Waals surface area contributed by atoms with E-state index in [9.17, 15) is 0 Å². The van der Waals surface area contributed by atoms with Crippen LogP contribution in [0.1, 0.15) is 39.8 Å². The van der Waals surface area contributed by atoms with Crippen molar-refractivity contribution in [3.05, 3.63) is 11.8 Å². The highest BCUT2D eigenvalue weighted by molar-refractivity contribution is 5.44. The summed E-state index contributed by atoms with van der Waals surface area (Å²) in [5.41, 5.74) is 1.10. The Kier molecular flexibility index (Phi) is 4.32. The second-order valence-corrected chi connectivity index (χ2v) is 5.51. The van der Waals surface area contributed by atoms with E-state index in [1.54, 1.807) is 0 Å². The Labute approximate surface area is 104 Å². The molecule has 4 heteroatoms. The molecule has 1 aromatic heterocycles. The van der Waals surface area contributed by atoms with Crippen LogP contribution in [0.3, 0.4) is 0 Å². The van der Waals surface area contributed by atoms with Crippen LogP contribution < -0.4 is 10.2 Å². The fourth-order valence-electron chi connectivity index (χ4n) is 1.36. The molecule has 0 saturated carbocycles. The van der Waals surface area contributed by atoms with Gasteiger partial charge in [-0.15, -0.1) is 0 Å². The zero-order valence-corrected chi connectivity index (χ0v) is 11.8. The van der Waals surface area contributed by atoms with E-state index in [-0.39, 0.29) is 5.41 Å². The van der Waals surface area contributed by atoms with Gasteiger partial charge in [-0.1, -0.05) is 27.7 Å². The third-order valence-electron chi connectivity index (χ3n) is 2.44. The number of hydrogen-bond donors (Lipinski definition) is 1. The van der Waals surface area contributed by atoms with Crippen molar-refractivity contribution in [1.29, 1.82) is 0 Å². The van der Waals surface area contributed by atoms with E-state index in [1.165, 1.54) is 0 Å². The topological polar surface area (TPSA) is 41.1 Å². The number of anilines is 2. The van der Waals surface area contributed by atoms with Gasteiger partial charge < -0.3 is 10.2 Å². The summed E-state index contributed by atoms with van der Waals surface area (Å²) < 4.78 is 0. The SMILES string of the molecule is CCCNc1cc(C(C)(C)C)nc(N(C)C)n1. The number of nitrogens with one attached hydrogen (secondary N) is 1. The molecule has 0 atom stereocenters. The molecule has 17 heavy (non-hydrogen) atoms. The average Bonchev–Trinajstić information content (AvgIpc) is 2.24. The molecule has 1 heterocycles. The van der Waals surface area contributed by atoms with Crippen LogP contribution in [-0.2, 0) is 5.41 Å². The van der Waals surface area contributed by atoms with Crippen molar-refractivity contribution in [2.24, 2.45) is 0 Å². The molecule has 0 aromatic carbocycles. The summed E-state index contributed by atoms with van der Waals surface area (Å²) in [5, 5.41) is 3.32. The van der Waals surface area contributed by atoms with E-state index in [2.05, 4.69) is 43.0 Å². The van der Waals surface area contributed by atoms with Crippen molar-refractivity contribution >= 4 is 11.8 Å². The Morgan fingerprint density at radius 3 is 2.35 bits per heavy atom. The highest BCUT2D eigenvalue weighted by Crippen LogP contribution is 2.24. The van der Waals surface area contributed by atoms with Crippen LogP contribution in [0.25, 0.3) is 0 Å². The van der Waals surface area contributed by atoms with Gasteiger partial charge >= 0.3 is 0 Å². The molecule has 0 bridgehead atoms. The number of aromatic nitrogens is 2. The zero-order chi connectivity index (χ0) is 13.1. The lowest BCUT2D eigenvalue weighted by atomic mass is 9.92. The molecule has 1 aromatic rings. The van der Waals surface area contributed by atoms with Gasteiger partial charge in [0, 0.05) is 32.1 Å². The monoisotopic (exact) mass is 236 g/mol. The molecule has 0 spiro atoms. The predicted octanol–water partition coefficient (Wildman–Crippen LogP) is 2.66. The summed E-state index contributed by atoms with van der Waals surface area (Å²) in [6.07, 6.45) is 1.09. The highest BCUT2D eigenvalue weighted by atomic mass is 15.2. The van der Waals surface area contributed by atoms with Gasteiger partial charge in [0.1, 0.15) is 5.82 Å². The fraction of sp³-hybridized carbons (Fsp3) is 0.692. The van der Waals surface area contributed by atoms with Crippen LogP contribution >= 0.6 is 0 Å². The lowest BCUT2D eigenvalue weighted by molar-refractivity contribution is 0.567. The second-order valence-electron chi connectivity index (χ2n) is 5.51. The molecule has 0 radical (unpaired) electrons. The number of nitrogens with zero attached hydrogens (tertiary/aromatic N) is 3. The van der Waals surface area contributed by atoms with E-state index in [0.29, 0.717) is 0 Å². The molecule has 96 valence electrons. The van der Waals surface area contributed by atoms with Gasteiger partial charge in [0.15, 0.2) is 0 Å². The molecule has 0 saturated heterocycles. The lowest BCUT2D eigenvalue weighted by Gasteiger charge is -2.21. The molecule has 0 amide bonds. The molecule has 1 rings (SSSR count). The van der Waals surface area contributed by atoms with Crippen LogP contribution in [-0.4, -0.2) is 30.6 Å². The summed E-state index contributed by atoms with van der Waals surface area (Å²) in [7, 11) is 3.93. The standard InChI is InChI=1S/C13H24N4/c1-7-8-14-11-9-10(13(2,3)4)15-12(16-11)17(5)6/h9H,7-8H2,1-6H3,(H,14,15,16). The van der Waals surface area contributed by atoms with Gasteiger partial charge in [-0.2, -0.15) is 4.98 Å². The maximum atomic E-state index is 4.59. The Balaban J connectivity index is 3.10. The van der Waals surface area contributed by atoms with Crippen molar-refractivity contribution < 1.29 is 0 Å². The van der Waals surface area contributed by atoms with Crippen LogP contribution in [0, 0.1) is 0 Å². The second kappa shape index (κ2) is 5.34. The minimum absolute atomic E-state index is 0.0380. The van der Waals surface area contributed by atoms with Gasteiger partial charge in [0.05, 0.1) is 5.69 Å². The number of rotatable bonds is 4. The van der Waals surface area contributed by atoms with Crippen molar-refractivity contribution in [2.45, 2.75) is 39.5 Å². The first-order valence-corrected chi connectivity index (χ1v) is 6.15. The first-order valence-electron chi connectivity index (χ1n) is 6.15. The van der Waals surface area contributed by atoms with Gasteiger partial charge in [0.25, 0.3) is 0 Å². The van der Waals surface area contributed by atoms with E-state index in [1.807, 2.05) is 25.1 Å². The lowest BCUT2D eigenvalue weighted by Crippen LogP contribution is -2.20. The quantitative estimate of drug-likeness (QED) is 0.872. The van der Waals surface area contributed by atoms with Crippen molar-refractivity contribution in [3.63, 3.8) is 0 Å². The predicted molar refractivity (Wildman–Crippen MR) is 73.8 cm³/mol. The first-order chi connectivity index (χ1) is 7.84. The van der Waals surface area contributed by atoms with Crippen LogP contribution in [0.15, 0.2) is 6.07 Å².